The number of amides is 1. The molecule has 98 valence electrons. The predicted octanol–water partition coefficient (Wildman–Crippen LogP) is -0.0560. The molecule has 0 spiro atoms. The maximum Gasteiger partial charge on any atom is 0.290 e. The smallest absolute Gasteiger partial charge is 0.290 e. The molecule has 0 aliphatic rings. The lowest BCUT2D eigenvalue weighted by Gasteiger charge is -2.10. The minimum absolute atomic E-state index is 0.0131. The molecule has 0 heterocycles. The zero-order valence-corrected chi connectivity index (χ0v) is 10.5. The summed E-state index contributed by atoms with van der Waals surface area (Å²) in [5.41, 5.74) is -0.704. The van der Waals surface area contributed by atoms with Crippen molar-refractivity contribution in [3.8, 4) is 0 Å². The summed E-state index contributed by atoms with van der Waals surface area (Å²) < 4.78 is 22.3. The van der Waals surface area contributed by atoms with E-state index < -0.39 is 31.4 Å². The first-order valence-corrected chi connectivity index (χ1v) is 6.22. The molecule has 8 nitrogen and oxygen atoms in total. The van der Waals surface area contributed by atoms with Crippen LogP contribution in [-0.4, -0.2) is 38.2 Å². The maximum absolute atomic E-state index is 11.6. The molecule has 1 aromatic carbocycles. The molecule has 1 aromatic rings. The van der Waals surface area contributed by atoms with E-state index in [0.29, 0.717) is 0 Å². The van der Waals surface area contributed by atoms with Gasteiger partial charge in [0.1, 0.15) is 0 Å². The number of nitro groups is 1. The zero-order chi connectivity index (χ0) is 14.1. The molecular formula is C9H11N3O5S. The molecule has 0 unspecified atom stereocenters. The minimum atomic E-state index is -4.21. The molecule has 1 amide bonds. The number of nitro benzene ring substituents is 1. The van der Waals surface area contributed by atoms with Crippen molar-refractivity contribution in [2.75, 3.05) is 14.1 Å². The van der Waals surface area contributed by atoms with Crippen molar-refractivity contribution in [1.82, 2.24) is 4.90 Å². The van der Waals surface area contributed by atoms with Crippen LogP contribution in [-0.2, 0) is 10.0 Å². The third kappa shape index (κ3) is 2.81. The van der Waals surface area contributed by atoms with Crippen LogP contribution in [0, 0.1) is 10.1 Å². The van der Waals surface area contributed by atoms with Gasteiger partial charge >= 0.3 is 0 Å². The van der Waals surface area contributed by atoms with Crippen molar-refractivity contribution in [2.45, 2.75) is 4.90 Å². The van der Waals surface area contributed by atoms with E-state index in [1.54, 1.807) is 0 Å². The van der Waals surface area contributed by atoms with Gasteiger partial charge in [-0.2, -0.15) is 0 Å². The lowest BCUT2D eigenvalue weighted by Crippen LogP contribution is -2.22. The molecule has 0 saturated heterocycles. The Kier molecular flexibility index (Phi) is 3.67. The topological polar surface area (TPSA) is 124 Å². The number of rotatable bonds is 3. The molecule has 0 radical (unpaired) electrons. The lowest BCUT2D eigenvalue weighted by molar-refractivity contribution is -0.387. The molecule has 9 heteroatoms. The van der Waals surface area contributed by atoms with Gasteiger partial charge in [-0.05, 0) is 12.1 Å². The van der Waals surface area contributed by atoms with Gasteiger partial charge in [-0.25, -0.2) is 13.6 Å². The van der Waals surface area contributed by atoms with Crippen LogP contribution in [0.1, 0.15) is 10.4 Å². The second-order valence-corrected chi connectivity index (χ2v) is 5.21. The first kappa shape index (κ1) is 14.1. The fourth-order valence-corrected chi connectivity index (χ4v) is 1.97. The van der Waals surface area contributed by atoms with E-state index in [9.17, 15) is 23.3 Å². The Morgan fingerprint density at radius 3 is 2.33 bits per heavy atom. The van der Waals surface area contributed by atoms with E-state index in [0.717, 1.165) is 12.1 Å². The number of carbonyl (C=O) groups excluding carboxylic acids is 1. The van der Waals surface area contributed by atoms with Crippen molar-refractivity contribution < 1.29 is 18.1 Å². The Labute approximate surface area is 103 Å². The normalized spacial score (nSPS) is 11.1. The fraction of sp³-hybridized carbons (Fsp3) is 0.222. The van der Waals surface area contributed by atoms with Gasteiger partial charge in [-0.1, -0.05) is 0 Å². The van der Waals surface area contributed by atoms with E-state index in [1.807, 2.05) is 0 Å². The largest absolute Gasteiger partial charge is 0.345 e. The summed E-state index contributed by atoms with van der Waals surface area (Å²) in [4.78, 5) is 22.1. The number of primary sulfonamides is 1. The van der Waals surface area contributed by atoms with E-state index in [4.69, 9.17) is 5.14 Å². The summed E-state index contributed by atoms with van der Waals surface area (Å²) in [6.07, 6.45) is 0. The van der Waals surface area contributed by atoms with Crippen LogP contribution >= 0.6 is 0 Å². The molecular weight excluding hydrogens is 262 g/mol. The summed E-state index contributed by atoms with van der Waals surface area (Å²) in [6.45, 7) is 0. The Hall–Kier alpha value is -2.00. The van der Waals surface area contributed by atoms with Gasteiger partial charge in [0.15, 0.2) is 4.90 Å². The number of carbonyl (C=O) groups is 1. The number of sulfonamides is 1. The van der Waals surface area contributed by atoms with Gasteiger partial charge in [-0.3, -0.25) is 14.9 Å². The van der Waals surface area contributed by atoms with Gasteiger partial charge < -0.3 is 4.90 Å². The Balaban J connectivity index is 3.47. The van der Waals surface area contributed by atoms with Crippen LogP contribution in [0.2, 0.25) is 0 Å². The van der Waals surface area contributed by atoms with Crippen LogP contribution in [0.3, 0.4) is 0 Å². The molecule has 0 saturated carbocycles. The summed E-state index contributed by atoms with van der Waals surface area (Å²) in [7, 11) is -1.26. The van der Waals surface area contributed by atoms with Gasteiger partial charge in [0.25, 0.3) is 11.6 Å². The van der Waals surface area contributed by atoms with E-state index in [2.05, 4.69) is 0 Å². The highest BCUT2D eigenvalue weighted by atomic mass is 32.2. The summed E-state index contributed by atoms with van der Waals surface area (Å²) in [5.74, 6) is -0.473. The van der Waals surface area contributed by atoms with Gasteiger partial charge in [0.05, 0.1) is 4.92 Å². The van der Waals surface area contributed by atoms with Crippen molar-refractivity contribution in [2.24, 2.45) is 5.14 Å². The number of hydrogen-bond acceptors (Lipinski definition) is 5. The van der Waals surface area contributed by atoms with E-state index >= 15 is 0 Å². The highest BCUT2D eigenvalue weighted by molar-refractivity contribution is 7.89. The molecule has 0 bridgehead atoms. The van der Waals surface area contributed by atoms with Crippen molar-refractivity contribution in [3.05, 3.63) is 33.9 Å². The van der Waals surface area contributed by atoms with Crippen LogP contribution in [0.4, 0.5) is 5.69 Å². The van der Waals surface area contributed by atoms with Crippen LogP contribution in [0.25, 0.3) is 0 Å². The van der Waals surface area contributed by atoms with E-state index in [-0.39, 0.29) is 5.56 Å². The molecule has 0 aliphatic carbocycles. The molecule has 1 rings (SSSR count). The molecule has 0 fully saturated rings. The number of nitrogens with two attached hydrogens (primary N) is 1. The Morgan fingerprint density at radius 1 is 1.39 bits per heavy atom. The molecule has 18 heavy (non-hydrogen) atoms. The lowest BCUT2D eigenvalue weighted by atomic mass is 10.2. The molecule has 0 aromatic heterocycles. The van der Waals surface area contributed by atoms with Crippen molar-refractivity contribution in [1.29, 1.82) is 0 Å². The number of benzene rings is 1. The Morgan fingerprint density at radius 2 is 1.94 bits per heavy atom. The highest BCUT2D eigenvalue weighted by Crippen LogP contribution is 2.24. The zero-order valence-electron chi connectivity index (χ0n) is 9.65. The molecule has 2 N–H and O–H groups in total. The third-order valence-corrected chi connectivity index (χ3v) is 3.07. The van der Waals surface area contributed by atoms with Crippen LogP contribution < -0.4 is 5.14 Å². The Bertz CT molecular complexity index is 609. The summed E-state index contributed by atoms with van der Waals surface area (Å²) in [6, 6.07) is 3.02. The highest BCUT2D eigenvalue weighted by Gasteiger charge is 2.24. The maximum atomic E-state index is 11.6. The molecule has 0 aliphatic heterocycles. The summed E-state index contributed by atoms with van der Waals surface area (Å²) in [5, 5.41) is 15.6. The fourth-order valence-electron chi connectivity index (χ4n) is 1.29. The monoisotopic (exact) mass is 273 g/mol. The van der Waals surface area contributed by atoms with Crippen molar-refractivity contribution in [3.63, 3.8) is 0 Å². The first-order valence-electron chi connectivity index (χ1n) is 4.67. The number of nitrogens with zero attached hydrogens (tertiary/aromatic N) is 2. The quantitative estimate of drug-likeness (QED) is 0.610. The second-order valence-electron chi connectivity index (χ2n) is 3.68. The minimum Gasteiger partial charge on any atom is -0.345 e. The van der Waals surface area contributed by atoms with Crippen LogP contribution in [0.15, 0.2) is 23.1 Å². The van der Waals surface area contributed by atoms with E-state index in [1.165, 1.54) is 25.1 Å². The second kappa shape index (κ2) is 4.70. The average Bonchev–Trinajstić information content (AvgIpc) is 2.25. The summed E-state index contributed by atoms with van der Waals surface area (Å²) >= 11 is 0. The third-order valence-electron chi connectivity index (χ3n) is 2.12. The average molecular weight is 273 g/mol. The number of hydrogen-bond donors (Lipinski definition) is 1. The van der Waals surface area contributed by atoms with Gasteiger partial charge in [0.2, 0.25) is 10.0 Å². The van der Waals surface area contributed by atoms with Gasteiger partial charge in [-0.15, -0.1) is 0 Å². The van der Waals surface area contributed by atoms with Crippen molar-refractivity contribution >= 4 is 21.6 Å². The first-order chi connectivity index (χ1) is 8.14. The SMILES string of the molecule is CN(C)C(=O)c1ccc(S(N)(=O)=O)c([N+](=O)[O-])c1. The standard InChI is InChI=1S/C9H11N3O5S/c1-11(2)9(13)6-3-4-8(18(10,16)17)7(5-6)12(14)15/h3-5H,1-2H3,(H2,10,16,17). The predicted molar refractivity (Wildman–Crippen MR) is 62.5 cm³/mol. The van der Waals surface area contributed by atoms with Gasteiger partial charge in [0, 0.05) is 25.7 Å². The molecule has 0 atom stereocenters. The van der Waals surface area contributed by atoms with Crippen LogP contribution in [0.5, 0.6) is 0 Å².